The molecule has 3 heterocycles. The largest absolute Gasteiger partial charge is 0.369 e. The first-order valence-electron chi connectivity index (χ1n) is 9.66. The van der Waals surface area contributed by atoms with E-state index in [-0.39, 0.29) is 17.5 Å². The third-order valence-electron chi connectivity index (χ3n) is 5.08. The number of amides is 2. The first-order chi connectivity index (χ1) is 14.5. The molecule has 154 valence electrons. The minimum atomic E-state index is -0.355. The van der Waals surface area contributed by atoms with Gasteiger partial charge < -0.3 is 20.4 Å². The molecule has 0 spiro atoms. The zero-order valence-electron chi connectivity index (χ0n) is 16.7. The van der Waals surface area contributed by atoms with E-state index in [1.54, 1.807) is 6.07 Å². The van der Waals surface area contributed by atoms with Crippen LogP contribution in [-0.4, -0.2) is 65.1 Å². The quantitative estimate of drug-likeness (QED) is 0.561. The number of carbonyl (C=O) groups is 2. The topological polar surface area (TPSA) is 106 Å². The molecule has 4 rings (SSSR count). The minimum Gasteiger partial charge on any atom is -0.369 e. The van der Waals surface area contributed by atoms with E-state index in [1.807, 2.05) is 24.3 Å². The van der Waals surface area contributed by atoms with Gasteiger partial charge >= 0.3 is 0 Å². The van der Waals surface area contributed by atoms with Gasteiger partial charge in [-0.05, 0) is 43.5 Å². The molecule has 0 saturated carbocycles. The monoisotopic (exact) mass is 405 g/mol. The van der Waals surface area contributed by atoms with E-state index in [0.717, 1.165) is 31.9 Å². The number of H-pyrrole nitrogens is 1. The van der Waals surface area contributed by atoms with Gasteiger partial charge in [0.15, 0.2) is 5.65 Å². The molecule has 3 N–H and O–H groups in total. The summed E-state index contributed by atoms with van der Waals surface area (Å²) < 4.78 is 0. The zero-order valence-corrected chi connectivity index (χ0v) is 16.7. The SMILES string of the molecule is C=CC(=O)Nc1cnc2n[nH]c(C(=O)Nc3ccc(N4CCN(C)CC4)cc3)c2c1. The molecule has 1 aromatic carbocycles. The van der Waals surface area contributed by atoms with E-state index in [2.05, 4.69) is 49.2 Å². The van der Waals surface area contributed by atoms with Gasteiger partial charge in [-0.1, -0.05) is 6.58 Å². The number of carbonyl (C=O) groups excluding carboxylic acids is 2. The van der Waals surface area contributed by atoms with Gasteiger partial charge in [-0.15, -0.1) is 0 Å². The second-order valence-corrected chi connectivity index (χ2v) is 7.18. The van der Waals surface area contributed by atoms with Crippen LogP contribution in [0, 0.1) is 0 Å². The van der Waals surface area contributed by atoms with Crippen LogP contribution in [0.4, 0.5) is 17.1 Å². The predicted octanol–water partition coefficient (Wildman–Crippen LogP) is 2.09. The maximum atomic E-state index is 12.8. The molecule has 2 amide bonds. The summed E-state index contributed by atoms with van der Waals surface area (Å²) in [5, 5.41) is 12.8. The Hall–Kier alpha value is -3.72. The summed E-state index contributed by atoms with van der Waals surface area (Å²) in [6, 6.07) is 9.45. The molecule has 0 bridgehead atoms. The fraction of sp³-hybridized carbons (Fsp3) is 0.238. The van der Waals surface area contributed by atoms with E-state index in [4.69, 9.17) is 0 Å². The Balaban J connectivity index is 1.48. The van der Waals surface area contributed by atoms with E-state index >= 15 is 0 Å². The third kappa shape index (κ3) is 4.15. The average Bonchev–Trinajstić information content (AvgIpc) is 3.18. The molecular formula is C21H23N7O2. The Labute approximate surface area is 173 Å². The average molecular weight is 405 g/mol. The first-order valence-corrected chi connectivity index (χ1v) is 9.66. The van der Waals surface area contributed by atoms with Gasteiger partial charge in [-0.3, -0.25) is 14.7 Å². The summed E-state index contributed by atoms with van der Waals surface area (Å²) in [4.78, 5) is 33.1. The number of rotatable bonds is 5. The lowest BCUT2D eigenvalue weighted by atomic mass is 10.2. The second kappa shape index (κ2) is 8.34. The number of benzene rings is 1. The van der Waals surface area contributed by atoms with E-state index in [1.165, 1.54) is 12.3 Å². The van der Waals surface area contributed by atoms with Crippen molar-refractivity contribution in [2.45, 2.75) is 0 Å². The Morgan fingerprint density at radius 3 is 2.53 bits per heavy atom. The number of nitrogens with zero attached hydrogens (tertiary/aromatic N) is 4. The molecule has 1 saturated heterocycles. The Morgan fingerprint density at radius 1 is 1.10 bits per heavy atom. The number of aromatic nitrogens is 3. The smallest absolute Gasteiger partial charge is 0.274 e. The van der Waals surface area contributed by atoms with Gasteiger partial charge in [-0.25, -0.2) is 4.98 Å². The van der Waals surface area contributed by atoms with Gasteiger partial charge in [0.2, 0.25) is 5.91 Å². The molecule has 1 aliphatic heterocycles. The van der Waals surface area contributed by atoms with Gasteiger partial charge in [-0.2, -0.15) is 5.10 Å². The molecule has 0 unspecified atom stereocenters. The summed E-state index contributed by atoms with van der Waals surface area (Å²) in [5.74, 6) is -0.690. The first kappa shape index (κ1) is 19.6. The summed E-state index contributed by atoms with van der Waals surface area (Å²) in [5.41, 5.74) is 2.95. The van der Waals surface area contributed by atoms with Crippen molar-refractivity contribution in [3.05, 3.63) is 54.9 Å². The lowest BCUT2D eigenvalue weighted by Crippen LogP contribution is -2.44. The fourth-order valence-electron chi connectivity index (χ4n) is 3.35. The number of piperazine rings is 1. The number of hydrogen-bond donors (Lipinski definition) is 3. The number of pyridine rings is 1. The lowest BCUT2D eigenvalue weighted by Gasteiger charge is -2.34. The number of aromatic amines is 1. The van der Waals surface area contributed by atoms with Crippen molar-refractivity contribution in [1.29, 1.82) is 0 Å². The van der Waals surface area contributed by atoms with Crippen molar-refractivity contribution >= 4 is 39.9 Å². The molecule has 1 fully saturated rings. The van der Waals surface area contributed by atoms with Crippen LogP contribution in [0.5, 0.6) is 0 Å². The minimum absolute atomic E-state index is 0.273. The number of anilines is 3. The van der Waals surface area contributed by atoms with E-state index < -0.39 is 0 Å². The van der Waals surface area contributed by atoms with Crippen LogP contribution in [0.1, 0.15) is 10.5 Å². The van der Waals surface area contributed by atoms with Crippen LogP contribution < -0.4 is 15.5 Å². The van der Waals surface area contributed by atoms with Gasteiger partial charge in [0.25, 0.3) is 5.91 Å². The maximum Gasteiger partial charge on any atom is 0.274 e. The summed E-state index contributed by atoms with van der Waals surface area (Å²) in [6.45, 7) is 7.47. The molecule has 0 atom stereocenters. The van der Waals surface area contributed by atoms with Crippen molar-refractivity contribution in [3.8, 4) is 0 Å². The molecule has 1 aliphatic rings. The van der Waals surface area contributed by atoms with Crippen molar-refractivity contribution in [2.75, 3.05) is 48.8 Å². The second-order valence-electron chi connectivity index (χ2n) is 7.18. The molecule has 0 aliphatic carbocycles. The van der Waals surface area contributed by atoms with Crippen LogP contribution in [0.15, 0.2) is 49.2 Å². The zero-order chi connectivity index (χ0) is 21.1. The van der Waals surface area contributed by atoms with Gasteiger partial charge in [0.05, 0.1) is 17.3 Å². The van der Waals surface area contributed by atoms with E-state index in [9.17, 15) is 9.59 Å². The van der Waals surface area contributed by atoms with Crippen LogP contribution >= 0.6 is 0 Å². The highest BCUT2D eigenvalue weighted by Gasteiger charge is 2.17. The van der Waals surface area contributed by atoms with Gasteiger partial charge in [0, 0.05) is 37.6 Å². The maximum absolute atomic E-state index is 12.8. The number of fused-ring (bicyclic) bond motifs is 1. The summed E-state index contributed by atoms with van der Waals surface area (Å²) in [6.07, 6.45) is 2.64. The van der Waals surface area contributed by atoms with Crippen molar-refractivity contribution in [1.82, 2.24) is 20.1 Å². The van der Waals surface area contributed by atoms with Crippen LogP contribution in [-0.2, 0) is 4.79 Å². The van der Waals surface area contributed by atoms with Crippen LogP contribution in [0.2, 0.25) is 0 Å². The highest BCUT2D eigenvalue weighted by atomic mass is 16.2. The molecule has 2 aromatic heterocycles. The normalized spacial score (nSPS) is 14.5. The molecular weight excluding hydrogens is 382 g/mol. The predicted molar refractivity (Wildman–Crippen MR) is 117 cm³/mol. The standard InChI is InChI=1S/C21H23N7O2/c1-3-18(29)23-15-12-17-19(25-26-20(17)22-13-15)21(30)24-14-4-6-16(7-5-14)28-10-8-27(2)9-11-28/h3-7,12-13H,1,8-11H2,2H3,(H,23,29)(H,24,30)(H,22,25,26). The van der Waals surface area contributed by atoms with Crippen LogP contribution in [0.3, 0.4) is 0 Å². The molecule has 9 nitrogen and oxygen atoms in total. The van der Waals surface area contributed by atoms with Crippen molar-refractivity contribution in [3.63, 3.8) is 0 Å². The molecule has 30 heavy (non-hydrogen) atoms. The highest BCUT2D eigenvalue weighted by Crippen LogP contribution is 2.22. The summed E-state index contributed by atoms with van der Waals surface area (Å²) >= 11 is 0. The Kier molecular flexibility index (Phi) is 5.44. The lowest BCUT2D eigenvalue weighted by molar-refractivity contribution is -0.111. The van der Waals surface area contributed by atoms with Crippen LogP contribution in [0.25, 0.3) is 11.0 Å². The Bertz CT molecular complexity index is 1080. The molecule has 0 radical (unpaired) electrons. The number of likely N-dealkylation sites (N-methyl/N-ethyl adjacent to an activating group) is 1. The molecule has 3 aromatic rings. The number of hydrogen-bond acceptors (Lipinski definition) is 6. The third-order valence-corrected chi connectivity index (χ3v) is 5.08. The fourth-order valence-corrected chi connectivity index (χ4v) is 3.35. The summed E-state index contributed by atoms with van der Waals surface area (Å²) in [7, 11) is 2.13. The Morgan fingerprint density at radius 2 is 1.83 bits per heavy atom. The molecule has 9 heteroatoms. The van der Waals surface area contributed by atoms with Crippen molar-refractivity contribution < 1.29 is 9.59 Å². The highest BCUT2D eigenvalue weighted by molar-refractivity contribution is 6.11. The van der Waals surface area contributed by atoms with E-state index in [0.29, 0.717) is 22.4 Å². The van der Waals surface area contributed by atoms with Gasteiger partial charge in [0.1, 0.15) is 5.69 Å². The number of nitrogens with one attached hydrogen (secondary N) is 3. The van der Waals surface area contributed by atoms with Crippen molar-refractivity contribution in [2.24, 2.45) is 0 Å².